The first-order valence-electron chi connectivity index (χ1n) is 7.82. The van der Waals surface area contributed by atoms with Gasteiger partial charge in [0, 0.05) is 6.54 Å². The lowest BCUT2D eigenvalue weighted by Gasteiger charge is -2.07. The molecule has 1 N–H and O–H groups in total. The first kappa shape index (κ1) is 18.0. The Balaban J connectivity index is 2.32. The number of nitrogens with one attached hydrogen (secondary N) is 1. The molecule has 0 atom stereocenters. The molecule has 0 heterocycles. The molecule has 0 unspecified atom stereocenters. The summed E-state index contributed by atoms with van der Waals surface area (Å²) in [6, 6.07) is 12.5. The average Bonchev–Trinajstić information content (AvgIpc) is 2.71. The van der Waals surface area contributed by atoms with Crippen LogP contribution < -0.4 is 14.9 Å². The number of aryl methyl sites for hydroxylation is 1. The van der Waals surface area contributed by atoms with E-state index in [0.717, 1.165) is 18.4 Å². The largest absolute Gasteiger partial charge is 0.382 e. The Morgan fingerprint density at radius 3 is 2.38 bits per heavy atom. The summed E-state index contributed by atoms with van der Waals surface area (Å²) in [5.41, 5.74) is 0.779. The fourth-order valence-electron chi connectivity index (χ4n) is 2.05. The molecular weight excluding hydrogens is 326 g/mol. The first-order chi connectivity index (χ1) is 11.4. The highest BCUT2D eigenvalue weighted by molar-refractivity contribution is 7.87. The van der Waals surface area contributed by atoms with E-state index in [0.29, 0.717) is 12.2 Å². The van der Waals surface area contributed by atoms with Gasteiger partial charge in [-0.05, 0) is 37.6 Å². The lowest BCUT2D eigenvalue weighted by Crippen LogP contribution is -2.17. The van der Waals surface area contributed by atoms with Crippen molar-refractivity contribution in [3.05, 3.63) is 64.3 Å². The van der Waals surface area contributed by atoms with Crippen molar-refractivity contribution >= 4 is 15.8 Å². The number of anilines is 1. The van der Waals surface area contributed by atoms with Crippen molar-refractivity contribution in [2.75, 3.05) is 11.9 Å². The van der Waals surface area contributed by atoms with Gasteiger partial charge >= 0.3 is 10.1 Å². The fourth-order valence-corrected chi connectivity index (χ4v) is 2.99. The second-order valence-electron chi connectivity index (χ2n) is 5.46. The minimum atomic E-state index is -4.05. The third kappa shape index (κ3) is 4.58. The third-order valence-corrected chi connectivity index (χ3v) is 4.69. The number of rotatable bonds is 7. The average molecular weight is 347 g/mol. The molecule has 128 valence electrons. The Morgan fingerprint density at radius 2 is 1.71 bits per heavy atom. The van der Waals surface area contributed by atoms with E-state index in [1.165, 1.54) is 18.2 Å². The predicted molar refractivity (Wildman–Crippen MR) is 95.1 cm³/mol. The molecule has 5 nitrogen and oxygen atoms in total. The maximum Gasteiger partial charge on any atom is 0.339 e. The minimum Gasteiger partial charge on any atom is -0.382 e. The first-order valence-corrected chi connectivity index (χ1v) is 9.23. The maximum atomic E-state index is 12.5. The molecule has 0 aromatic heterocycles. The highest BCUT2D eigenvalue weighted by atomic mass is 32.2. The molecule has 2 rings (SSSR count). The third-order valence-electron chi connectivity index (χ3n) is 3.44. The highest BCUT2D eigenvalue weighted by Crippen LogP contribution is 2.17. The zero-order valence-corrected chi connectivity index (χ0v) is 14.6. The van der Waals surface area contributed by atoms with E-state index in [1.807, 2.05) is 13.8 Å². The Bertz CT molecular complexity index is 846. The molecule has 0 bridgehead atoms. The summed E-state index contributed by atoms with van der Waals surface area (Å²) >= 11 is 0. The lowest BCUT2D eigenvalue weighted by molar-refractivity contribution is 0.484. The Labute approximate surface area is 142 Å². The SMILES string of the molecule is CCCCNc1ccccc(OS(=O)(=O)c2ccc(C)cc2)c1=O. The molecule has 0 saturated carbocycles. The van der Waals surface area contributed by atoms with Gasteiger partial charge in [0.1, 0.15) is 4.90 Å². The van der Waals surface area contributed by atoms with Gasteiger partial charge in [-0.25, -0.2) is 0 Å². The summed E-state index contributed by atoms with van der Waals surface area (Å²) in [6.45, 7) is 4.55. The molecule has 6 heteroatoms. The van der Waals surface area contributed by atoms with Crippen LogP contribution in [0.5, 0.6) is 5.75 Å². The monoisotopic (exact) mass is 347 g/mol. The summed E-state index contributed by atoms with van der Waals surface area (Å²) in [6.07, 6.45) is 1.90. The molecule has 0 radical (unpaired) electrons. The van der Waals surface area contributed by atoms with Crippen LogP contribution >= 0.6 is 0 Å². The van der Waals surface area contributed by atoms with E-state index >= 15 is 0 Å². The molecule has 0 aliphatic carbocycles. The zero-order chi connectivity index (χ0) is 17.6. The van der Waals surface area contributed by atoms with E-state index in [1.54, 1.807) is 30.3 Å². The second-order valence-corrected chi connectivity index (χ2v) is 7.00. The van der Waals surface area contributed by atoms with Crippen molar-refractivity contribution in [3.8, 4) is 5.75 Å². The van der Waals surface area contributed by atoms with Crippen LogP contribution in [0.25, 0.3) is 0 Å². The van der Waals surface area contributed by atoms with Crippen molar-refractivity contribution in [2.45, 2.75) is 31.6 Å². The number of benzene rings is 1. The zero-order valence-electron chi connectivity index (χ0n) is 13.8. The van der Waals surface area contributed by atoms with E-state index in [9.17, 15) is 13.2 Å². The molecular formula is C18H21NO4S. The molecule has 0 fully saturated rings. The number of unbranched alkanes of at least 4 members (excludes halogenated alkanes) is 1. The van der Waals surface area contributed by atoms with Gasteiger partial charge in [-0.2, -0.15) is 8.42 Å². The Morgan fingerprint density at radius 1 is 1.04 bits per heavy atom. The van der Waals surface area contributed by atoms with Crippen LogP contribution in [-0.4, -0.2) is 15.0 Å². The molecule has 0 amide bonds. The van der Waals surface area contributed by atoms with Crippen LogP contribution in [0.15, 0.2) is 58.2 Å². The predicted octanol–water partition coefficient (Wildman–Crippen LogP) is 3.33. The van der Waals surface area contributed by atoms with Crippen molar-refractivity contribution < 1.29 is 12.6 Å². The topological polar surface area (TPSA) is 72.5 Å². The van der Waals surface area contributed by atoms with Crippen molar-refractivity contribution in [2.24, 2.45) is 0 Å². The van der Waals surface area contributed by atoms with Crippen LogP contribution in [0.4, 0.5) is 5.69 Å². The van der Waals surface area contributed by atoms with Gasteiger partial charge in [0.15, 0.2) is 5.75 Å². The number of hydrogen-bond donors (Lipinski definition) is 1. The van der Waals surface area contributed by atoms with Crippen molar-refractivity contribution in [3.63, 3.8) is 0 Å². The second kappa shape index (κ2) is 7.97. The lowest BCUT2D eigenvalue weighted by atomic mass is 10.2. The van der Waals surface area contributed by atoms with Gasteiger partial charge in [-0.15, -0.1) is 0 Å². The van der Waals surface area contributed by atoms with Crippen molar-refractivity contribution in [1.29, 1.82) is 0 Å². The Hall–Kier alpha value is -2.34. The van der Waals surface area contributed by atoms with E-state index in [4.69, 9.17) is 4.18 Å². The van der Waals surface area contributed by atoms with Crippen LogP contribution in [0.3, 0.4) is 0 Å². The summed E-state index contributed by atoms with van der Waals surface area (Å²) < 4.78 is 29.8. The van der Waals surface area contributed by atoms with Gasteiger partial charge in [0.2, 0.25) is 5.43 Å². The number of hydrogen-bond acceptors (Lipinski definition) is 5. The summed E-state index contributed by atoms with van der Waals surface area (Å²) in [5.74, 6) is -0.223. The maximum absolute atomic E-state index is 12.5. The van der Waals surface area contributed by atoms with Crippen LogP contribution in [0, 0.1) is 6.92 Å². The highest BCUT2D eigenvalue weighted by Gasteiger charge is 2.18. The summed E-state index contributed by atoms with van der Waals surface area (Å²) in [7, 11) is -4.05. The quantitative estimate of drug-likeness (QED) is 0.614. The minimum absolute atomic E-state index is 0.0134. The van der Waals surface area contributed by atoms with Crippen LogP contribution in [0.1, 0.15) is 25.3 Å². The van der Waals surface area contributed by atoms with Gasteiger partial charge in [0.05, 0.1) is 5.69 Å². The standard InChI is InChI=1S/C18H21NO4S/c1-3-4-13-19-16-7-5-6-8-17(18(16)20)23-24(21,22)15-11-9-14(2)10-12-15/h5-12H,3-4,13H2,1-2H3,(H,19,20). The molecule has 0 aliphatic rings. The van der Waals surface area contributed by atoms with E-state index in [2.05, 4.69) is 5.32 Å². The summed E-state index contributed by atoms with van der Waals surface area (Å²) in [5, 5.41) is 3.02. The van der Waals surface area contributed by atoms with Gasteiger partial charge in [-0.1, -0.05) is 43.2 Å². The molecule has 2 aromatic rings. The Kier molecular flexibility index (Phi) is 5.98. The molecule has 2 aromatic carbocycles. The smallest absolute Gasteiger partial charge is 0.339 e. The summed E-state index contributed by atoms with van der Waals surface area (Å²) in [4.78, 5) is 12.5. The van der Waals surface area contributed by atoms with Crippen LogP contribution in [-0.2, 0) is 10.1 Å². The van der Waals surface area contributed by atoms with Gasteiger partial charge in [0.25, 0.3) is 0 Å². The molecule has 0 aliphatic heterocycles. The fraction of sp³-hybridized carbons (Fsp3) is 0.278. The molecule has 0 spiro atoms. The van der Waals surface area contributed by atoms with E-state index < -0.39 is 15.5 Å². The van der Waals surface area contributed by atoms with Gasteiger partial charge in [-0.3, -0.25) is 4.79 Å². The normalized spacial score (nSPS) is 11.1. The van der Waals surface area contributed by atoms with E-state index in [-0.39, 0.29) is 10.6 Å². The van der Waals surface area contributed by atoms with Crippen LogP contribution in [0.2, 0.25) is 0 Å². The van der Waals surface area contributed by atoms with Crippen molar-refractivity contribution in [1.82, 2.24) is 0 Å². The van der Waals surface area contributed by atoms with Gasteiger partial charge < -0.3 is 9.50 Å². The molecule has 0 saturated heterocycles. The molecule has 24 heavy (non-hydrogen) atoms.